The number of nitrogens with one attached hydrogen (secondary N) is 4. The lowest BCUT2D eigenvalue weighted by molar-refractivity contribution is -0.144. The molecule has 0 unspecified atom stereocenters. The third-order valence-corrected chi connectivity index (χ3v) is 8.69. The number of rotatable bonds is 18. The van der Waals surface area contributed by atoms with Crippen LogP contribution in [-0.2, 0) is 35.2 Å². The van der Waals surface area contributed by atoms with Crippen molar-refractivity contribution in [3.63, 3.8) is 0 Å². The average molecular weight is 716 g/mol. The Labute approximate surface area is 299 Å². The molecular weight excluding hydrogens is 658 g/mol. The minimum absolute atomic E-state index is 0.00264. The molecule has 0 aliphatic carbocycles. The SMILES string of the molecule is CC(C)C[C@H](CC(=O)[C@H](Cc1ccc(O)cc1)NC(=O)[C@H]1CC=CC[C@H](N)C(=O)N[C@@H](CCCCN)C(=O)N[C@@H](CCCCN)C(=O)N1)C(=O)O. The van der Waals surface area contributed by atoms with Crippen LogP contribution < -0.4 is 38.5 Å². The molecule has 1 aromatic carbocycles. The predicted octanol–water partition coefficient (Wildman–Crippen LogP) is 0.515. The van der Waals surface area contributed by atoms with Crippen LogP contribution in [0.4, 0.5) is 0 Å². The van der Waals surface area contributed by atoms with Gasteiger partial charge in [-0.1, -0.05) is 38.1 Å². The van der Waals surface area contributed by atoms with E-state index in [4.69, 9.17) is 17.2 Å². The zero-order valence-electron chi connectivity index (χ0n) is 29.8. The Morgan fingerprint density at radius 2 is 1.39 bits per heavy atom. The van der Waals surface area contributed by atoms with E-state index in [1.165, 1.54) is 12.1 Å². The van der Waals surface area contributed by atoms with Crippen LogP contribution in [0.3, 0.4) is 0 Å². The van der Waals surface area contributed by atoms with Gasteiger partial charge in [0.1, 0.15) is 23.9 Å². The Kier molecular flexibility index (Phi) is 18.9. The summed E-state index contributed by atoms with van der Waals surface area (Å²) in [6.45, 7) is 4.48. The summed E-state index contributed by atoms with van der Waals surface area (Å²) in [5.74, 6) is -5.04. The van der Waals surface area contributed by atoms with Crippen LogP contribution in [0.2, 0.25) is 0 Å². The number of carboxylic acid groups (broad SMARTS) is 1. The maximum Gasteiger partial charge on any atom is 0.306 e. The second-order valence-corrected chi connectivity index (χ2v) is 13.6. The molecule has 0 fully saturated rings. The number of hydrogen-bond donors (Lipinski definition) is 9. The third-order valence-electron chi connectivity index (χ3n) is 8.69. The molecule has 15 nitrogen and oxygen atoms in total. The summed E-state index contributed by atoms with van der Waals surface area (Å²) in [7, 11) is 0. The summed E-state index contributed by atoms with van der Waals surface area (Å²) in [4.78, 5) is 79.7. The summed E-state index contributed by atoms with van der Waals surface area (Å²) in [5.41, 5.74) is 18.0. The van der Waals surface area contributed by atoms with Crippen LogP contribution >= 0.6 is 0 Å². The number of Topliss-reactive ketones (excluding diaryl/α,β-unsaturated/α-hetero) is 1. The molecule has 0 aromatic heterocycles. The van der Waals surface area contributed by atoms with Gasteiger partial charge in [-0.15, -0.1) is 0 Å². The van der Waals surface area contributed by atoms with Gasteiger partial charge in [-0.2, -0.15) is 0 Å². The first-order chi connectivity index (χ1) is 24.2. The number of aliphatic carboxylic acids is 1. The van der Waals surface area contributed by atoms with Crippen molar-refractivity contribution < 1.29 is 39.0 Å². The van der Waals surface area contributed by atoms with Gasteiger partial charge in [0.15, 0.2) is 5.78 Å². The van der Waals surface area contributed by atoms with E-state index in [1.54, 1.807) is 24.3 Å². The number of aromatic hydroxyl groups is 1. The van der Waals surface area contributed by atoms with Crippen LogP contribution in [0.5, 0.6) is 5.75 Å². The van der Waals surface area contributed by atoms with Gasteiger partial charge in [-0.3, -0.25) is 28.8 Å². The van der Waals surface area contributed by atoms with Crippen molar-refractivity contribution in [2.75, 3.05) is 13.1 Å². The molecule has 15 heteroatoms. The quantitative estimate of drug-likeness (QED) is 0.0747. The minimum Gasteiger partial charge on any atom is -0.508 e. The molecular formula is C36H57N7O8. The van der Waals surface area contributed by atoms with Gasteiger partial charge in [-0.25, -0.2) is 0 Å². The van der Waals surface area contributed by atoms with Crippen LogP contribution in [0.25, 0.3) is 0 Å². The topological polar surface area (TPSA) is 269 Å². The number of amides is 4. The third kappa shape index (κ3) is 15.6. The van der Waals surface area contributed by atoms with Crippen LogP contribution in [0, 0.1) is 11.8 Å². The van der Waals surface area contributed by atoms with Crippen LogP contribution in [0.1, 0.15) is 83.6 Å². The molecule has 0 saturated carbocycles. The molecule has 0 spiro atoms. The van der Waals surface area contributed by atoms with Gasteiger partial charge in [0.2, 0.25) is 23.6 Å². The molecule has 1 aliphatic rings. The molecule has 1 aromatic rings. The van der Waals surface area contributed by atoms with E-state index in [-0.39, 0.29) is 56.6 Å². The molecule has 6 atom stereocenters. The molecule has 12 N–H and O–H groups in total. The lowest BCUT2D eigenvalue weighted by Gasteiger charge is -2.27. The number of carboxylic acids is 1. The number of carbonyl (C=O) groups excluding carboxylic acids is 5. The average Bonchev–Trinajstić information content (AvgIpc) is 3.08. The van der Waals surface area contributed by atoms with Crippen molar-refractivity contribution >= 4 is 35.4 Å². The maximum atomic E-state index is 13.9. The van der Waals surface area contributed by atoms with Crippen molar-refractivity contribution in [3.8, 4) is 5.75 Å². The van der Waals surface area contributed by atoms with Gasteiger partial charge in [0.05, 0.1) is 18.0 Å². The first kappa shape index (κ1) is 42.8. The van der Waals surface area contributed by atoms with Crippen molar-refractivity contribution in [1.82, 2.24) is 21.3 Å². The first-order valence-corrected chi connectivity index (χ1v) is 17.8. The van der Waals surface area contributed by atoms with Crippen molar-refractivity contribution in [2.24, 2.45) is 29.0 Å². The maximum absolute atomic E-state index is 13.9. The molecule has 284 valence electrons. The van der Waals surface area contributed by atoms with Crippen LogP contribution in [0.15, 0.2) is 36.4 Å². The molecule has 0 bridgehead atoms. The van der Waals surface area contributed by atoms with Crippen molar-refractivity contribution in [1.29, 1.82) is 0 Å². The van der Waals surface area contributed by atoms with Crippen molar-refractivity contribution in [3.05, 3.63) is 42.0 Å². The highest BCUT2D eigenvalue weighted by atomic mass is 16.4. The summed E-state index contributed by atoms with van der Waals surface area (Å²) in [6, 6.07) is 0.658. The number of carbonyl (C=O) groups is 6. The Morgan fingerprint density at radius 1 is 0.843 bits per heavy atom. The van der Waals surface area contributed by atoms with E-state index in [1.807, 2.05) is 13.8 Å². The summed E-state index contributed by atoms with van der Waals surface area (Å²) < 4.78 is 0. The molecule has 2 rings (SSSR count). The highest BCUT2D eigenvalue weighted by molar-refractivity contribution is 5.96. The van der Waals surface area contributed by atoms with Gasteiger partial charge >= 0.3 is 5.97 Å². The van der Waals surface area contributed by atoms with E-state index in [9.17, 15) is 39.0 Å². The van der Waals surface area contributed by atoms with Gasteiger partial charge in [-0.05, 0) is 101 Å². The number of ketones is 1. The monoisotopic (exact) mass is 715 g/mol. The number of unbranched alkanes of at least 4 members (excludes halogenated alkanes) is 2. The zero-order chi connectivity index (χ0) is 37.9. The Balaban J connectivity index is 2.43. The molecule has 4 amide bonds. The summed E-state index contributed by atoms with van der Waals surface area (Å²) in [6.07, 6.45) is 5.90. The lowest BCUT2D eigenvalue weighted by atomic mass is 9.89. The molecule has 0 saturated heterocycles. The van der Waals surface area contributed by atoms with E-state index in [0.717, 1.165) is 0 Å². The Morgan fingerprint density at radius 3 is 1.94 bits per heavy atom. The molecule has 51 heavy (non-hydrogen) atoms. The minimum atomic E-state index is -1.21. The van der Waals surface area contributed by atoms with Crippen molar-refractivity contribution in [2.45, 2.75) is 115 Å². The van der Waals surface area contributed by atoms with Gasteiger partial charge < -0.3 is 48.7 Å². The van der Waals surface area contributed by atoms with E-state index >= 15 is 0 Å². The van der Waals surface area contributed by atoms with E-state index in [0.29, 0.717) is 44.3 Å². The lowest BCUT2D eigenvalue weighted by Crippen LogP contribution is -2.58. The number of benzene rings is 1. The zero-order valence-corrected chi connectivity index (χ0v) is 29.8. The largest absolute Gasteiger partial charge is 0.508 e. The fourth-order valence-corrected chi connectivity index (χ4v) is 5.77. The molecule has 0 radical (unpaired) electrons. The number of phenolic OH excluding ortho intramolecular Hbond substituents is 1. The predicted molar refractivity (Wildman–Crippen MR) is 192 cm³/mol. The van der Waals surface area contributed by atoms with Gasteiger partial charge in [0.25, 0.3) is 0 Å². The van der Waals surface area contributed by atoms with E-state index < -0.39 is 71.5 Å². The second-order valence-electron chi connectivity index (χ2n) is 13.6. The Bertz CT molecular complexity index is 1340. The highest BCUT2D eigenvalue weighted by Crippen LogP contribution is 2.19. The normalized spacial score (nSPS) is 21.5. The first-order valence-electron chi connectivity index (χ1n) is 17.8. The second kappa shape index (κ2) is 22.5. The van der Waals surface area contributed by atoms with E-state index in [2.05, 4.69) is 21.3 Å². The van der Waals surface area contributed by atoms with Gasteiger partial charge in [0, 0.05) is 6.42 Å². The fourth-order valence-electron chi connectivity index (χ4n) is 5.77. The smallest absolute Gasteiger partial charge is 0.306 e. The number of nitrogens with two attached hydrogens (primary N) is 3. The summed E-state index contributed by atoms with van der Waals surface area (Å²) in [5, 5.41) is 30.5. The number of phenols is 1. The van der Waals surface area contributed by atoms with Crippen LogP contribution in [-0.4, -0.2) is 88.9 Å². The fraction of sp³-hybridized carbons (Fsp3) is 0.611. The summed E-state index contributed by atoms with van der Waals surface area (Å²) >= 11 is 0. The molecule has 1 aliphatic heterocycles. The standard InChI is InChI=1S/C36H57N7O8/c1-22(2)19-24(36(50)51)21-31(45)30(20-23-13-15-25(44)16-14-23)43-35(49)28-10-4-3-9-26(39)32(46)40-27(11-5-7-17-37)33(47)42-29(34(48)41-28)12-6-8-18-38/h3-4,13-16,22,24,26-30,44H,5-12,17-21,37-39H2,1-2H3,(H,40,46)(H,41,48)(H,42,47)(H,43,49)(H,50,51)/t24-,26+,27+,28-,29+,30+/m1/s1. The highest BCUT2D eigenvalue weighted by Gasteiger charge is 2.33. The number of hydrogen-bond acceptors (Lipinski definition) is 10. The molecule has 1 heterocycles. The Hall–Kier alpha value is -4.34.